The minimum Gasteiger partial charge on any atom is -0.457 e. The Balaban J connectivity index is 2.04. The highest BCUT2D eigenvalue weighted by Crippen LogP contribution is 2.23. The van der Waals surface area contributed by atoms with E-state index in [1.807, 2.05) is 66.5 Å². The molecule has 3 nitrogen and oxygen atoms in total. The van der Waals surface area contributed by atoms with Gasteiger partial charge in [0, 0.05) is 19.8 Å². The number of hydrogen-bond acceptors (Lipinski definition) is 3. The fraction of sp³-hybridized carbons (Fsp3) is 0.200. The summed E-state index contributed by atoms with van der Waals surface area (Å²) in [7, 11) is 3.67. The van der Waals surface area contributed by atoms with Crippen molar-refractivity contribution in [2.75, 3.05) is 25.8 Å². The highest BCUT2D eigenvalue weighted by molar-refractivity contribution is 5.48. The van der Waals surface area contributed by atoms with Crippen molar-refractivity contribution in [3.05, 3.63) is 54.6 Å². The van der Waals surface area contributed by atoms with E-state index in [4.69, 9.17) is 9.47 Å². The summed E-state index contributed by atoms with van der Waals surface area (Å²) in [5.41, 5.74) is 1.09. The molecule has 2 rings (SSSR count). The van der Waals surface area contributed by atoms with Crippen LogP contribution in [0.1, 0.15) is 0 Å². The molecule has 0 aliphatic heterocycles. The highest BCUT2D eigenvalue weighted by atomic mass is 16.5. The molecule has 0 aliphatic rings. The van der Waals surface area contributed by atoms with Gasteiger partial charge in [-0.3, -0.25) is 0 Å². The van der Waals surface area contributed by atoms with Crippen molar-refractivity contribution in [1.82, 2.24) is 0 Å². The van der Waals surface area contributed by atoms with Crippen molar-refractivity contribution in [3.63, 3.8) is 0 Å². The van der Waals surface area contributed by atoms with Crippen LogP contribution in [0.15, 0.2) is 54.6 Å². The van der Waals surface area contributed by atoms with Crippen LogP contribution in [-0.2, 0) is 4.74 Å². The van der Waals surface area contributed by atoms with Crippen molar-refractivity contribution >= 4 is 5.69 Å². The van der Waals surface area contributed by atoms with Gasteiger partial charge in [-0.2, -0.15) is 0 Å². The van der Waals surface area contributed by atoms with Crippen molar-refractivity contribution in [2.24, 2.45) is 0 Å². The maximum atomic E-state index is 5.72. The van der Waals surface area contributed by atoms with Gasteiger partial charge in [-0.15, -0.1) is 0 Å². The van der Waals surface area contributed by atoms with Gasteiger partial charge in [0.15, 0.2) is 0 Å². The van der Waals surface area contributed by atoms with E-state index < -0.39 is 0 Å². The van der Waals surface area contributed by atoms with Crippen LogP contribution in [-0.4, -0.2) is 20.9 Å². The Morgan fingerprint density at radius 3 is 2.11 bits per heavy atom. The molecule has 0 heterocycles. The molecule has 0 N–H and O–H groups in total. The number of hydrogen-bond donors (Lipinski definition) is 0. The molecule has 0 unspecified atom stereocenters. The molecule has 18 heavy (non-hydrogen) atoms. The SMILES string of the molecule is COCN(C)c1ccc(Oc2ccccc2)cc1. The van der Waals surface area contributed by atoms with Crippen LogP contribution in [0.5, 0.6) is 11.5 Å². The molecule has 0 atom stereocenters. The lowest BCUT2D eigenvalue weighted by molar-refractivity contribution is 0.202. The van der Waals surface area contributed by atoms with E-state index in [0.717, 1.165) is 17.2 Å². The fourth-order valence-corrected chi connectivity index (χ4v) is 1.66. The van der Waals surface area contributed by atoms with Crippen molar-refractivity contribution in [3.8, 4) is 11.5 Å². The van der Waals surface area contributed by atoms with Gasteiger partial charge in [0.05, 0.1) is 0 Å². The molecule has 0 spiro atoms. The van der Waals surface area contributed by atoms with Gasteiger partial charge >= 0.3 is 0 Å². The van der Waals surface area contributed by atoms with E-state index in [2.05, 4.69) is 0 Å². The van der Waals surface area contributed by atoms with Crippen LogP contribution in [0, 0.1) is 0 Å². The quantitative estimate of drug-likeness (QED) is 0.750. The Bertz CT molecular complexity index is 468. The number of benzene rings is 2. The second-order valence-corrected chi connectivity index (χ2v) is 4.02. The molecule has 94 valence electrons. The minimum atomic E-state index is 0.568. The van der Waals surface area contributed by atoms with Crippen LogP contribution in [0.4, 0.5) is 5.69 Å². The van der Waals surface area contributed by atoms with Gasteiger partial charge in [0.2, 0.25) is 0 Å². The number of methoxy groups -OCH3 is 1. The number of nitrogens with zero attached hydrogens (tertiary/aromatic N) is 1. The van der Waals surface area contributed by atoms with Crippen LogP contribution in [0.2, 0.25) is 0 Å². The van der Waals surface area contributed by atoms with Gasteiger partial charge in [0.1, 0.15) is 18.2 Å². The third-order valence-corrected chi connectivity index (χ3v) is 2.58. The molecule has 0 fully saturated rings. The average Bonchev–Trinajstić information content (AvgIpc) is 2.41. The predicted molar refractivity (Wildman–Crippen MR) is 73.2 cm³/mol. The van der Waals surface area contributed by atoms with Crippen LogP contribution in [0.3, 0.4) is 0 Å². The summed E-state index contributed by atoms with van der Waals surface area (Å²) in [6, 6.07) is 17.7. The van der Waals surface area contributed by atoms with Gasteiger partial charge in [0.25, 0.3) is 0 Å². The minimum absolute atomic E-state index is 0.568. The maximum Gasteiger partial charge on any atom is 0.127 e. The molecule has 0 saturated heterocycles. The van der Waals surface area contributed by atoms with Gasteiger partial charge in [-0.1, -0.05) is 18.2 Å². The summed E-state index contributed by atoms with van der Waals surface area (Å²) < 4.78 is 10.8. The Hall–Kier alpha value is -2.00. The molecule has 2 aromatic rings. The van der Waals surface area contributed by atoms with E-state index in [0.29, 0.717) is 6.73 Å². The second-order valence-electron chi connectivity index (χ2n) is 4.02. The molecule has 0 bridgehead atoms. The Kier molecular flexibility index (Phi) is 4.20. The van der Waals surface area contributed by atoms with E-state index in [-0.39, 0.29) is 0 Å². The van der Waals surface area contributed by atoms with Crippen LogP contribution < -0.4 is 9.64 Å². The lowest BCUT2D eigenvalue weighted by Crippen LogP contribution is -2.19. The monoisotopic (exact) mass is 243 g/mol. The summed E-state index contributed by atoms with van der Waals surface area (Å²) in [6.45, 7) is 0.568. The number of ether oxygens (including phenoxy) is 2. The smallest absolute Gasteiger partial charge is 0.127 e. The van der Waals surface area contributed by atoms with Crippen molar-refractivity contribution in [2.45, 2.75) is 0 Å². The third kappa shape index (κ3) is 3.25. The molecular formula is C15H17NO2. The van der Waals surface area contributed by atoms with Crippen LogP contribution >= 0.6 is 0 Å². The van der Waals surface area contributed by atoms with E-state index in [1.54, 1.807) is 7.11 Å². The zero-order valence-electron chi connectivity index (χ0n) is 10.7. The normalized spacial score (nSPS) is 10.1. The largest absolute Gasteiger partial charge is 0.457 e. The molecule has 0 saturated carbocycles. The molecule has 0 radical (unpaired) electrons. The van der Waals surface area contributed by atoms with Crippen LogP contribution in [0.25, 0.3) is 0 Å². The summed E-state index contributed by atoms with van der Waals surface area (Å²) in [5, 5.41) is 0. The number of para-hydroxylation sites is 1. The first-order chi connectivity index (χ1) is 8.79. The molecule has 2 aromatic carbocycles. The average molecular weight is 243 g/mol. The van der Waals surface area contributed by atoms with Gasteiger partial charge < -0.3 is 14.4 Å². The zero-order chi connectivity index (χ0) is 12.8. The Labute approximate surface area is 108 Å². The van der Waals surface area contributed by atoms with Crippen molar-refractivity contribution < 1.29 is 9.47 Å². The summed E-state index contributed by atoms with van der Waals surface area (Å²) in [5.74, 6) is 1.67. The third-order valence-electron chi connectivity index (χ3n) is 2.58. The molecule has 0 amide bonds. The van der Waals surface area contributed by atoms with Gasteiger partial charge in [-0.25, -0.2) is 0 Å². The van der Waals surface area contributed by atoms with E-state index in [1.165, 1.54) is 0 Å². The first kappa shape index (κ1) is 12.5. The van der Waals surface area contributed by atoms with Crippen molar-refractivity contribution in [1.29, 1.82) is 0 Å². The molecule has 3 heteroatoms. The number of anilines is 1. The van der Waals surface area contributed by atoms with E-state index in [9.17, 15) is 0 Å². The first-order valence-corrected chi connectivity index (χ1v) is 5.82. The lowest BCUT2D eigenvalue weighted by atomic mass is 10.3. The summed E-state index contributed by atoms with van der Waals surface area (Å²) >= 11 is 0. The molecule has 0 aromatic heterocycles. The molecule has 0 aliphatic carbocycles. The predicted octanol–water partition coefficient (Wildman–Crippen LogP) is 3.52. The second kappa shape index (κ2) is 6.07. The summed E-state index contributed by atoms with van der Waals surface area (Å²) in [4.78, 5) is 2.02. The maximum absolute atomic E-state index is 5.72. The molecular weight excluding hydrogens is 226 g/mol. The number of rotatable bonds is 5. The Morgan fingerprint density at radius 2 is 1.50 bits per heavy atom. The lowest BCUT2D eigenvalue weighted by Gasteiger charge is -2.18. The fourth-order valence-electron chi connectivity index (χ4n) is 1.66. The summed E-state index contributed by atoms with van der Waals surface area (Å²) in [6.07, 6.45) is 0. The topological polar surface area (TPSA) is 21.7 Å². The standard InChI is InChI=1S/C15H17NO2/c1-16(12-17-2)13-8-10-15(11-9-13)18-14-6-4-3-5-7-14/h3-11H,12H2,1-2H3. The Morgan fingerprint density at radius 1 is 0.889 bits per heavy atom. The first-order valence-electron chi connectivity index (χ1n) is 5.82. The zero-order valence-corrected chi connectivity index (χ0v) is 10.7. The highest BCUT2D eigenvalue weighted by Gasteiger charge is 2.01. The van der Waals surface area contributed by atoms with E-state index >= 15 is 0 Å². The van der Waals surface area contributed by atoms with Gasteiger partial charge in [-0.05, 0) is 36.4 Å².